The van der Waals surface area contributed by atoms with E-state index in [1.165, 1.54) is 11.8 Å². The number of hydrogen-bond donors (Lipinski definition) is 1. The predicted octanol–water partition coefficient (Wildman–Crippen LogP) is 4.17. The van der Waals surface area contributed by atoms with Crippen LogP contribution in [0.15, 0.2) is 29.4 Å². The van der Waals surface area contributed by atoms with E-state index in [0.717, 1.165) is 11.4 Å². The molecule has 0 aliphatic rings. The molecule has 130 valence electrons. The van der Waals surface area contributed by atoms with Crippen LogP contribution in [0.25, 0.3) is 5.78 Å². The fourth-order valence-electron chi connectivity index (χ4n) is 2.23. The second-order valence-corrected chi connectivity index (χ2v) is 7.67. The van der Waals surface area contributed by atoms with Crippen LogP contribution >= 0.6 is 35.0 Å². The van der Waals surface area contributed by atoms with E-state index < -0.39 is 5.25 Å². The van der Waals surface area contributed by atoms with Gasteiger partial charge in [0.05, 0.1) is 16.0 Å². The number of rotatable bonds is 4. The number of nitrogens with zero attached hydrogens (tertiary/aromatic N) is 4. The normalized spacial score (nSPS) is 12.4. The zero-order valence-corrected chi connectivity index (χ0v) is 16.1. The average Bonchev–Trinajstić information content (AvgIpc) is 2.92. The van der Waals surface area contributed by atoms with Gasteiger partial charge in [0.25, 0.3) is 5.78 Å². The van der Waals surface area contributed by atoms with E-state index in [0.29, 0.717) is 26.7 Å². The third-order valence-electron chi connectivity index (χ3n) is 3.44. The van der Waals surface area contributed by atoms with E-state index in [9.17, 15) is 4.79 Å². The van der Waals surface area contributed by atoms with Crippen LogP contribution < -0.4 is 5.32 Å². The van der Waals surface area contributed by atoms with Crippen molar-refractivity contribution in [2.75, 3.05) is 5.32 Å². The van der Waals surface area contributed by atoms with Gasteiger partial charge in [-0.3, -0.25) is 4.79 Å². The summed E-state index contributed by atoms with van der Waals surface area (Å²) in [6.07, 6.45) is 0. The molecule has 2 heterocycles. The number of aromatic nitrogens is 4. The quantitative estimate of drug-likeness (QED) is 0.671. The summed E-state index contributed by atoms with van der Waals surface area (Å²) in [5, 5.41) is 8.16. The van der Waals surface area contributed by atoms with Crippen LogP contribution in [0.2, 0.25) is 10.0 Å². The Labute approximate surface area is 158 Å². The molecular weight excluding hydrogens is 381 g/mol. The number of halogens is 2. The van der Waals surface area contributed by atoms with E-state index in [1.807, 2.05) is 19.9 Å². The van der Waals surface area contributed by atoms with Crippen LogP contribution in [-0.4, -0.2) is 30.7 Å². The summed E-state index contributed by atoms with van der Waals surface area (Å²) in [7, 11) is 0. The van der Waals surface area contributed by atoms with Crippen LogP contribution in [0.3, 0.4) is 0 Å². The lowest BCUT2D eigenvalue weighted by atomic mass is 10.3. The number of nitrogens with one attached hydrogen (secondary N) is 1. The first kappa shape index (κ1) is 18.0. The molecule has 1 aromatic carbocycles. The second-order valence-electron chi connectivity index (χ2n) is 5.52. The highest BCUT2D eigenvalue weighted by Gasteiger charge is 2.19. The van der Waals surface area contributed by atoms with Gasteiger partial charge in [-0.15, -0.1) is 5.10 Å². The predicted molar refractivity (Wildman–Crippen MR) is 101 cm³/mol. The molecule has 2 aromatic heterocycles. The maximum absolute atomic E-state index is 12.4. The molecule has 3 rings (SSSR count). The lowest BCUT2D eigenvalue weighted by Gasteiger charge is -2.11. The fourth-order valence-corrected chi connectivity index (χ4v) is 3.44. The zero-order valence-electron chi connectivity index (χ0n) is 13.7. The summed E-state index contributed by atoms with van der Waals surface area (Å²) in [5.74, 6) is 0.322. The molecule has 9 heteroatoms. The van der Waals surface area contributed by atoms with Crippen LogP contribution in [0.5, 0.6) is 0 Å². The first-order valence-corrected chi connectivity index (χ1v) is 9.10. The molecular formula is C16H15Cl2N5OS. The summed E-state index contributed by atoms with van der Waals surface area (Å²) >= 11 is 13.2. The molecule has 1 N–H and O–H groups in total. The van der Waals surface area contributed by atoms with Crippen molar-refractivity contribution in [1.29, 1.82) is 0 Å². The summed E-state index contributed by atoms with van der Waals surface area (Å²) < 4.78 is 1.66. The third kappa shape index (κ3) is 4.05. The SMILES string of the molecule is Cc1cc(C)n2nc(SC(C)C(=O)Nc3ccc(Cl)cc3Cl)nc2n1. The lowest BCUT2D eigenvalue weighted by Crippen LogP contribution is -2.22. The Kier molecular flexibility index (Phi) is 5.17. The topological polar surface area (TPSA) is 72.2 Å². The van der Waals surface area contributed by atoms with Crippen molar-refractivity contribution in [2.45, 2.75) is 31.2 Å². The smallest absolute Gasteiger partial charge is 0.253 e. The molecule has 3 aromatic rings. The molecule has 0 saturated heterocycles. The number of anilines is 1. The summed E-state index contributed by atoms with van der Waals surface area (Å²) in [6, 6.07) is 6.84. The van der Waals surface area contributed by atoms with Gasteiger partial charge < -0.3 is 5.32 Å². The number of aryl methyl sites for hydroxylation is 2. The Hall–Kier alpha value is -1.83. The van der Waals surface area contributed by atoms with Gasteiger partial charge in [0, 0.05) is 16.4 Å². The molecule has 0 aliphatic carbocycles. The number of hydrogen-bond acceptors (Lipinski definition) is 5. The zero-order chi connectivity index (χ0) is 18.1. The van der Waals surface area contributed by atoms with Crippen molar-refractivity contribution in [3.63, 3.8) is 0 Å². The summed E-state index contributed by atoms with van der Waals surface area (Å²) in [5.41, 5.74) is 2.32. The van der Waals surface area contributed by atoms with Crippen LogP contribution in [0.4, 0.5) is 5.69 Å². The van der Waals surface area contributed by atoms with Crippen LogP contribution in [0.1, 0.15) is 18.3 Å². The number of fused-ring (bicyclic) bond motifs is 1. The van der Waals surface area contributed by atoms with Gasteiger partial charge in [-0.25, -0.2) is 9.50 Å². The standard InChI is InChI=1S/C16H15Cl2N5OS/c1-8-6-9(2)23-15(19-8)21-16(22-23)25-10(3)14(24)20-13-5-4-11(17)7-12(13)18/h4-7,10H,1-3H3,(H,20,24). The number of benzene rings is 1. The summed E-state index contributed by atoms with van der Waals surface area (Å²) in [6.45, 7) is 5.62. The van der Waals surface area contributed by atoms with Crippen molar-refractivity contribution in [1.82, 2.24) is 19.6 Å². The third-order valence-corrected chi connectivity index (χ3v) is 4.94. The summed E-state index contributed by atoms with van der Waals surface area (Å²) in [4.78, 5) is 21.1. The highest BCUT2D eigenvalue weighted by atomic mass is 35.5. The lowest BCUT2D eigenvalue weighted by molar-refractivity contribution is -0.115. The fraction of sp³-hybridized carbons (Fsp3) is 0.250. The van der Waals surface area contributed by atoms with Crippen molar-refractivity contribution in [3.05, 3.63) is 45.7 Å². The molecule has 0 radical (unpaired) electrons. The molecule has 0 aliphatic heterocycles. The first-order valence-electron chi connectivity index (χ1n) is 7.47. The molecule has 0 bridgehead atoms. The number of thioether (sulfide) groups is 1. The Balaban J connectivity index is 1.74. The molecule has 0 spiro atoms. The Morgan fingerprint density at radius 3 is 2.72 bits per heavy atom. The van der Waals surface area contributed by atoms with Gasteiger partial charge in [0.2, 0.25) is 11.1 Å². The maximum Gasteiger partial charge on any atom is 0.253 e. The average molecular weight is 396 g/mol. The number of carbonyl (C=O) groups is 1. The van der Waals surface area contributed by atoms with E-state index in [-0.39, 0.29) is 5.91 Å². The van der Waals surface area contributed by atoms with E-state index >= 15 is 0 Å². The van der Waals surface area contributed by atoms with Crippen LogP contribution in [-0.2, 0) is 4.79 Å². The molecule has 1 atom stereocenters. The van der Waals surface area contributed by atoms with E-state index in [4.69, 9.17) is 23.2 Å². The second kappa shape index (κ2) is 7.19. The van der Waals surface area contributed by atoms with Gasteiger partial charge in [0.15, 0.2) is 0 Å². The molecule has 1 unspecified atom stereocenters. The molecule has 0 fully saturated rings. The minimum atomic E-state index is -0.412. The Morgan fingerprint density at radius 1 is 1.24 bits per heavy atom. The van der Waals surface area contributed by atoms with Gasteiger partial charge in [-0.1, -0.05) is 35.0 Å². The van der Waals surface area contributed by atoms with Crippen molar-refractivity contribution >= 4 is 52.3 Å². The Bertz CT molecular complexity index is 959. The molecule has 6 nitrogen and oxygen atoms in total. The van der Waals surface area contributed by atoms with Gasteiger partial charge in [-0.2, -0.15) is 4.98 Å². The van der Waals surface area contributed by atoms with E-state index in [2.05, 4.69) is 20.4 Å². The number of amides is 1. The largest absolute Gasteiger partial charge is 0.324 e. The maximum atomic E-state index is 12.4. The van der Waals surface area contributed by atoms with Gasteiger partial charge in [0.1, 0.15) is 0 Å². The monoisotopic (exact) mass is 395 g/mol. The minimum Gasteiger partial charge on any atom is -0.324 e. The number of carbonyl (C=O) groups excluding carboxylic acids is 1. The van der Waals surface area contributed by atoms with Crippen molar-refractivity contribution in [3.8, 4) is 0 Å². The van der Waals surface area contributed by atoms with E-state index in [1.54, 1.807) is 29.6 Å². The van der Waals surface area contributed by atoms with Gasteiger partial charge in [-0.05, 0) is 45.0 Å². The van der Waals surface area contributed by atoms with Crippen molar-refractivity contribution < 1.29 is 4.79 Å². The van der Waals surface area contributed by atoms with Crippen molar-refractivity contribution in [2.24, 2.45) is 0 Å². The molecule has 1 amide bonds. The molecule has 25 heavy (non-hydrogen) atoms. The Morgan fingerprint density at radius 2 is 2.00 bits per heavy atom. The highest BCUT2D eigenvalue weighted by molar-refractivity contribution is 8.00. The van der Waals surface area contributed by atoms with Crippen LogP contribution in [0, 0.1) is 13.8 Å². The molecule has 0 saturated carbocycles. The van der Waals surface area contributed by atoms with Gasteiger partial charge >= 0.3 is 0 Å². The highest BCUT2D eigenvalue weighted by Crippen LogP contribution is 2.27. The minimum absolute atomic E-state index is 0.200. The first-order chi connectivity index (χ1) is 11.8.